The van der Waals surface area contributed by atoms with E-state index in [0.29, 0.717) is 12.0 Å². The summed E-state index contributed by atoms with van der Waals surface area (Å²) in [6, 6.07) is 11.8. The van der Waals surface area contributed by atoms with E-state index in [-0.39, 0.29) is 5.91 Å². The summed E-state index contributed by atoms with van der Waals surface area (Å²) < 4.78 is 0. The Morgan fingerprint density at radius 3 is 2.50 bits per heavy atom. The molecule has 5 rings (SSSR count). The number of nitrogens with zero attached hydrogens (tertiary/aromatic N) is 1. The van der Waals surface area contributed by atoms with Crippen LogP contribution in [-0.4, -0.2) is 56.8 Å². The summed E-state index contributed by atoms with van der Waals surface area (Å²) in [6.07, 6.45) is 0.293. The van der Waals surface area contributed by atoms with Gasteiger partial charge in [0.25, 0.3) is 5.91 Å². The molecule has 2 aliphatic rings. The second-order valence-corrected chi connectivity index (χ2v) is 8.78. The number of aromatic nitrogens is 1. The van der Waals surface area contributed by atoms with Gasteiger partial charge in [-0.15, -0.1) is 0 Å². The molecule has 9 heteroatoms. The third-order valence-electron chi connectivity index (χ3n) is 6.64. The molecule has 2 aromatic carbocycles. The van der Waals surface area contributed by atoms with Crippen LogP contribution in [0.25, 0.3) is 10.9 Å². The van der Waals surface area contributed by atoms with Gasteiger partial charge >= 0.3 is 5.97 Å². The maximum absolute atomic E-state index is 13.4. The highest BCUT2D eigenvalue weighted by Gasteiger charge is 2.49. The molecule has 0 fully saturated rings. The SMILES string of the molecule is CC(NC(=O)C(C)NC(=O)C1Cc2c([nH]c3ccccc23)C2c3ccccc3C(=O)N12)C(=O)O. The zero-order valence-corrected chi connectivity index (χ0v) is 18.7. The molecule has 0 saturated heterocycles. The van der Waals surface area contributed by atoms with E-state index in [2.05, 4.69) is 15.6 Å². The number of amides is 3. The zero-order valence-electron chi connectivity index (χ0n) is 18.7. The monoisotopic (exact) mass is 460 g/mol. The number of carbonyl (C=O) groups excluding carboxylic acids is 3. The van der Waals surface area contributed by atoms with Gasteiger partial charge in [0.1, 0.15) is 18.1 Å². The molecular weight excluding hydrogens is 436 g/mol. The molecule has 0 spiro atoms. The van der Waals surface area contributed by atoms with Gasteiger partial charge in [-0.2, -0.15) is 0 Å². The number of benzene rings is 2. The highest BCUT2D eigenvalue weighted by Crippen LogP contribution is 2.46. The highest BCUT2D eigenvalue weighted by molar-refractivity contribution is 6.04. The van der Waals surface area contributed by atoms with E-state index in [1.54, 1.807) is 17.0 Å². The number of aromatic amines is 1. The lowest BCUT2D eigenvalue weighted by molar-refractivity contribution is -0.141. The lowest BCUT2D eigenvalue weighted by Crippen LogP contribution is -2.56. The Morgan fingerprint density at radius 1 is 1.03 bits per heavy atom. The van der Waals surface area contributed by atoms with Crippen molar-refractivity contribution in [3.8, 4) is 0 Å². The molecule has 0 bridgehead atoms. The van der Waals surface area contributed by atoms with Crippen molar-refractivity contribution in [2.75, 3.05) is 0 Å². The van der Waals surface area contributed by atoms with Gasteiger partial charge in [0.15, 0.2) is 0 Å². The fourth-order valence-corrected chi connectivity index (χ4v) is 4.91. The number of hydrogen-bond donors (Lipinski definition) is 4. The number of fused-ring (bicyclic) bond motifs is 7. The van der Waals surface area contributed by atoms with Gasteiger partial charge in [0.05, 0.1) is 6.04 Å². The Bertz CT molecular complexity index is 1350. The molecule has 34 heavy (non-hydrogen) atoms. The standard InChI is InChI=1S/C25H24N4O5/c1-12(22(30)27-13(2)25(33)34)26-23(31)19-11-17-14-7-5-6-10-18(14)28-20(17)21-15-8-3-4-9-16(15)24(32)29(19)21/h3-10,12-13,19,21,28H,11H2,1-2H3,(H,26,31)(H,27,30)(H,33,34). The van der Waals surface area contributed by atoms with Crippen molar-refractivity contribution < 1.29 is 24.3 Å². The predicted molar refractivity (Wildman–Crippen MR) is 123 cm³/mol. The van der Waals surface area contributed by atoms with Crippen molar-refractivity contribution in [1.29, 1.82) is 0 Å². The smallest absolute Gasteiger partial charge is 0.325 e. The number of rotatable bonds is 5. The lowest BCUT2D eigenvalue weighted by atomic mass is 9.90. The fraction of sp³-hybridized carbons (Fsp3) is 0.280. The summed E-state index contributed by atoms with van der Waals surface area (Å²) in [5.41, 5.74) is 4.18. The van der Waals surface area contributed by atoms with Gasteiger partial charge in [-0.1, -0.05) is 36.4 Å². The van der Waals surface area contributed by atoms with Crippen LogP contribution in [0.1, 0.15) is 47.1 Å². The van der Waals surface area contributed by atoms with Crippen LogP contribution in [0.5, 0.6) is 0 Å². The highest BCUT2D eigenvalue weighted by atomic mass is 16.4. The molecule has 0 radical (unpaired) electrons. The number of nitrogens with one attached hydrogen (secondary N) is 3. The summed E-state index contributed by atoms with van der Waals surface area (Å²) in [5.74, 6) is -2.48. The number of H-pyrrole nitrogens is 1. The Morgan fingerprint density at radius 2 is 1.74 bits per heavy atom. The minimum absolute atomic E-state index is 0.235. The normalized spacial score (nSPS) is 20.2. The molecule has 3 aromatic rings. The quantitative estimate of drug-likeness (QED) is 0.461. The topological polar surface area (TPSA) is 132 Å². The number of carbonyl (C=O) groups is 4. The summed E-state index contributed by atoms with van der Waals surface area (Å²) in [5, 5.41) is 15.0. The first-order chi connectivity index (χ1) is 16.3. The molecule has 1 aromatic heterocycles. The minimum Gasteiger partial charge on any atom is -0.480 e. The van der Waals surface area contributed by atoms with Gasteiger partial charge in [0, 0.05) is 28.6 Å². The minimum atomic E-state index is -1.17. The van der Waals surface area contributed by atoms with Crippen LogP contribution in [0, 0.1) is 0 Å². The van der Waals surface area contributed by atoms with E-state index < -0.39 is 42.0 Å². The molecule has 2 aliphatic heterocycles. The van der Waals surface area contributed by atoms with Crippen molar-refractivity contribution in [2.45, 2.75) is 44.4 Å². The molecule has 9 nitrogen and oxygen atoms in total. The second-order valence-electron chi connectivity index (χ2n) is 8.78. The summed E-state index contributed by atoms with van der Waals surface area (Å²) >= 11 is 0. The Balaban J connectivity index is 1.50. The van der Waals surface area contributed by atoms with E-state index in [4.69, 9.17) is 5.11 Å². The van der Waals surface area contributed by atoms with E-state index >= 15 is 0 Å². The van der Waals surface area contributed by atoms with Crippen molar-refractivity contribution in [3.63, 3.8) is 0 Å². The number of hydrogen-bond acceptors (Lipinski definition) is 4. The van der Waals surface area contributed by atoms with Gasteiger partial charge in [-0.25, -0.2) is 0 Å². The molecule has 4 N–H and O–H groups in total. The molecular formula is C25H24N4O5. The summed E-state index contributed by atoms with van der Waals surface area (Å²) in [7, 11) is 0. The summed E-state index contributed by atoms with van der Waals surface area (Å²) in [6.45, 7) is 2.83. The van der Waals surface area contributed by atoms with E-state index in [0.717, 1.165) is 27.7 Å². The van der Waals surface area contributed by atoms with E-state index in [1.165, 1.54) is 13.8 Å². The third kappa shape index (κ3) is 3.32. The van der Waals surface area contributed by atoms with Crippen molar-refractivity contribution in [3.05, 3.63) is 70.9 Å². The second kappa shape index (κ2) is 8.02. The number of carboxylic acid groups (broad SMARTS) is 1. The first kappa shape index (κ1) is 21.7. The molecule has 3 amide bonds. The number of carboxylic acids is 1. The van der Waals surface area contributed by atoms with Gasteiger partial charge in [0.2, 0.25) is 11.8 Å². The first-order valence-electron chi connectivity index (χ1n) is 11.1. The predicted octanol–water partition coefficient (Wildman–Crippen LogP) is 1.73. The molecule has 174 valence electrons. The largest absolute Gasteiger partial charge is 0.480 e. The molecule has 3 heterocycles. The molecule has 0 aliphatic carbocycles. The van der Waals surface area contributed by atoms with Gasteiger partial charge < -0.3 is 25.6 Å². The van der Waals surface area contributed by atoms with Crippen LogP contribution in [-0.2, 0) is 20.8 Å². The third-order valence-corrected chi connectivity index (χ3v) is 6.64. The maximum Gasteiger partial charge on any atom is 0.325 e. The van der Waals surface area contributed by atoms with Crippen LogP contribution in [0.4, 0.5) is 0 Å². The number of para-hydroxylation sites is 1. The van der Waals surface area contributed by atoms with Crippen LogP contribution in [0.2, 0.25) is 0 Å². The average Bonchev–Trinajstić information content (AvgIpc) is 3.34. The number of aliphatic carboxylic acids is 1. The van der Waals surface area contributed by atoms with Crippen LogP contribution in [0.15, 0.2) is 48.5 Å². The van der Waals surface area contributed by atoms with Crippen molar-refractivity contribution in [1.82, 2.24) is 20.5 Å². The summed E-state index contributed by atoms with van der Waals surface area (Å²) in [4.78, 5) is 55.3. The van der Waals surface area contributed by atoms with E-state index in [1.807, 2.05) is 36.4 Å². The van der Waals surface area contributed by atoms with Crippen molar-refractivity contribution in [2.24, 2.45) is 0 Å². The molecule has 4 unspecified atom stereocenters. The van der Waals surface area contributed by atoms with Crippen LogP contribution < -0.4 is 10.6 Å². The average molecular weight is 460 g/mol. The van der Waals surface area contributed by atoms with Crippen LogP contribution >= 0.6 is 0 Å². The first-order valence-corrected chi connectivity index (χ1v) is 11.1. The maximum atomic E-state index is 13.4. The Hall–Kier alpha value is -4.14. The van der Waals surface area contributed by atoms with Gasteiger partial charge in [-0.05, 0) is 37.1 Å². The zero-order chi connectivity index (χ0) is 24.1. The van der Waals surface area contributed by atoms with Crippen LogP contribution in [0.3, 0.4) is 0 Å². The molecule has 4 atom stereocenters. The Kier molecular flexibility index (Phi) is 5.11. The Labute approximate surface area is 195 Å². The van der Waals surface area contributed by atoms with Gasteiger partial charge in [-0.3, -0.25) is 19.2 Å². The lowest BCUT2D eigenvalue weighted by Gasteiger charge is -2.37. The van der Waals surface area contributed by atoms with E-state index in [9.17, 15) is 19.2 Å². The fourth-order valence-electron chi connectivity index (χ4n) is 4.91. The van der Waals surface area contributed by atoms with Crippen molar-refractivity contribution >= 4 is 34.6 Å². The molecule has 0 saturated carbocycles.